The quantitative estimate of drug-likeness (QED) is 0.712. The van der Waals surface area contributed by atoms with Crippen molar-refractivity contribution in [2.45, 2.75) is 26.4 Å². The minimum atomic E-state index is -0.689. The Kier molecular flexibility index (Phi) is 2.61. The largest absolute Gasteiger partial charge is 0.458 e. The molecule has 1 aromatic heterocycles. The lowest BCUT2D eigenvalue weighted by Crippen LogP contribution is -2.26. The van der Waals surface area contributed by atoms with Crippen molar-refractivity contribution in [1.82, 2.24) is 9.97 Å². The third kappa shape index (κ3) is 2.13. The SMILES string of the molecule is C#CC(C)(C)Oc1ncnc(N)c1C. The zero-order valence-corrected chi connectivity index (χ0v) is 8.53. The van der Waals surface area contributed by atoms with Crippen LogP contribution in [0.1, 0.15) is 19.4 Å². The van der Waals surface area contributed by atoms with Crippen molar-refractivity contribution < 1.29 is 4.74 Å². The summed E-state index contributed by atoms with van der Waals surface area (Å²) in [6.45, 7) is 5.35. The van der Waals surface area contributed by atoms with E-state index in [1.54, 1.807) is 20.8 Å². The number of nitrogen functional groups attached to an aromatic ring is 1. The minimum Gasteiger partial charge on any atom is -0.458 e. The van der Waals surface area contributed by atoms with Crippen LogP contribution in [0.5, 0.6) is 5.88 Å². The molecule has 0 atom stereocenters. The number of nitrogens with zero attached hydrogens (tertiary/aromatic N) is 2. The number of aromatic nitrogens is 2. The summed E-state index contributed by atoms with van der Waals surface area (Å²) in [7, 11) is 0. The fourth-order valence-electron chi connectivity index (χ4n) is 0.821. The van der Waals surface area contributed by atoms with Crippen LogP contribution in [0, 0.1) is 19.3 Å². The Labute approximate surface area is 83.5 Å². The number of hydrogen-bond acceptors (Lipinski definition) is 4. The molecule has 0 saturated heterocycles. The van der Waals surface area contributed by atoms with Crippen LogP contribution in [-0.4, -0.2) is 15.6 Å². The molecule has 0 aliphatic rings. The minimum absolute atomic E-state index is 0.405. The summed E-state index contributed by atoms with van der Waals surface area (Å²) in [5.74, 6) is 3.35. The molecule has 0 unspecified atom stereocenters. The van der Waals surface area contributed by atoms with E-state index in [0.29, 0.717) is 17.3 Å². The smallest absolute Gasteiger partial charge is 0.223 e. The van der Waals surface area contributed by atoms with Gasteiger partial charge in [-0.05, 0) is 20.8 Å². The van der Waals surface area contributed by atoms with Crippen molar-refractivity contribution in [3.8, 4) is 18.2 Å². The fraction of sp³-hybridized carbons (Fsp3) is 0.400. The third-order valence-corrected chi connectivity index (χ3v) is 1.78. The molecule has 1 aromatic rings. The molecule has 4 nitrogen and oxygen atoms in total. The summed E-state index contributed by atoms with van der Waals surface area (Å²) in [6.07, 6.45) is 6.64. The summed E-state index contributed by atoms with van der Waals surface area (Å²) in [5.41, 5.74) is 5.61. The Balaban J connectivity index is 3.00. The summed E-state index contributed by atoms with van der Waals surface area (Å²) >= 11 is 0. The van der Waals surface area contributed by atoms with E-state index in [2.05, 4.69) is 15.9 Å². The van der Waals surface area contributed by atoms with Gasteiger partial charge in [-0.15, -0.1) is 6.42 Å². The average Bonchev–Trinajstić information content (AvgIpc) is 2.13. The predicted molar refractivity (Wildman–Crippen MR) is 54.7 cm³/mol. The van der Waals surface area contributed by atoms with Crippen LogP contribution in [-0.2, 0) is 0 Å². The van der Waals surface area contributed by atoms with E-state index in [1.807, 2.05) is 0 Å². The zero-order chi connectivity index (χ0) is 10.8. The molecule has 74 valence electrons. The van der Waals surface area contributed by atoms with E-state index in [9.17, 15) is 0 Å². The number of ether oxygens (including phenoxy) is 1. The van der Waals surface area contributed by atoms with E-state index < -0.39 is 5.60 Å². The maximum atomic E-state index is 5.60. The number of terminal acetylenes is 1. The van der Waals surface area contributed by atoms with Crippen molar-refractivity contribution in [1.29, 1.82) is 0 Å². The van der Waals surface area contributed by atoms with E-state index >= 15 is 0 Å². The van der Waals surface area contributed by atoms with Gasteiger partial charge < -0.3 is 10.5 Å². The van der Waals surface area contributed by atoms with Gasteiger partial charge in [-0.25, -0.2) is 9.97 Å². The van der Waals surface area contributed by atoms with Crippen molar-refractivity contribution in [3.05, 3.63) is 11.9 Å². The molecule has 2 N–H and O–H groups in total. The Bertz CT molecular complexity index is 379. The number of hydrogen-bond donors (Lipinski definition) is 1. The van der Waals surface area contributed by atoms with Crippen LogP contribution < -0.4 is 10.5 Å². The van der Waals surface area contributed by atoms with Gasteiger partial charge in [-0.1, -0.05) is 5.92 Å². The molecule has 0 amide bonds. The van der Waals surface area contributed by atoms with Crippen molar-refractivity contribution in [3.63, 3.8) is 0 Å². The molecule has 0 aliphatic carbocycles. The van der Waals surface area contributed by atoms with E-state index in [4.69, 9.17) is 16.9 Å². The molecule has 4 heteroatoms. The Morgan fingerprint density at radius 3 is 2.71 bits per heavy atom. The molecule has 14 heavy (non-hydrogen) atoms. The highest BCUT2D eigenvalue weighted by molar-refractivity contribution is 5.43. The van der Waals surface area contributed by atoms with Gasteiger partial charge in [-0.3, -0.25) is 0 Å². The van der Waals surface area contributed by atoms with Crippen LogP contribution in [0.25, 0.3) is 0 Å². The first-order chi connectivity index (χ1) is 6.46. The monoisotopic (exact) mass is 191 g/mol. The summed E-state index contributed by atoms with van der Waals surface area (Å²) in [5, 5.41) is 0. The molecule has 0 radical (unpaired) electrons. The second-order valence-corrected chi connectivity index (χ2v) is 3.45. The normalized spacial score (nSPS) is 10.7. The molecular weight excluding hydrogens is 178 g/mol. The van der Waals surface area contributed by atoms with Crippen molar-refractivity contribution in [2.75, 3.05) is 5.73 Å². The molecule has 0 aromatic carbocycles. The van der Waals surface area contributed by atoms with Gasteiger partial charge in [0.1, 0.15) is 12.1 Å². The molecule has 0 fully saturated rings. The summed E-state index contributed by atoms with van der Waals surface area (Å²) < 4.78 is 5.50. The second-order valence-electron chi connectivity index (χ2n) is 3.45. The van der Waals surface area contributed by atoms with Gasteiger partial charge in [0.2, 0.25) is 5.88 Å². The predicted octanol–water partition coefficient (Wildman–Crippen LogP) is 1.16. The van der Waals surface area contributed by atoms with E-state index in [0.717, 1.165) is 0 Å². The second kappa shape index (κ2) is 3.54. The van der Waals surface area contributed by atoms with Gasteiger partial charge in [0, 0.05) is 0 Å². The van der Waals surface area contributed by atoms with Gasteiger partial charge in [-0.2, -0.15) is 0 Å². The van der Waals surface area contributed by atoms with Crippen LogP contribution >= 0.6 is 0 Å². The Morgan fingerprint density at radius 1 is 1.50 bits per heavy atom. The first-order valence-corrected chi connectivity index (χ1v) is 4.20. The molecule has 0 bridgehead atoms. The summed E-state index contributed by atoms with van der Waals surface area (Å²) in [6, 6.07) is 0. The highest BCUT2D eigenvalue weighted by Crippen LogP contribution is 2.21. The first kappa shape index (κ1) is 10.3. The van der Waals surface area contributed by atoms with Gasteiger partial charge >= 0.3 is 0 Å². The highest BCUT2D eigenvalue weighted by atomic mass is 16.5. The standard InChI is InChI=1S/C10H13N3O/c1-5-10(3,4)14-9-7(2)8(11)12-6-13-9/h1,6H,2-4H3,(H2,11,12,13). The number of rotatable bonds is 2. The van der Waals surface area contributed by atoms with Gasteiger partial charge in [0.05, 0.1) is 5.56 Å². The molecular formula is C10H13N3O. The van der Waals surface area contributed by atoms with Crippen LogP contribution in [0.2, 0.25) is 0 Å². The molecule has 1 heterocycles. The first-order valence-electron chi connectivity index (χ1n) is 4.20. The van der Waals surface area contributed by atoms with E-state index in [-0.39, 0.29) is 0 Å². The average molecular weight is 191 g/mol. The lowest BCUT2D eigenvalue weighted by Gasteiger charge is -2.20. The molecule has 0 spiro atoms. The lowest BCUT2D eigenvalue weighted by molar-refractivity contribution is 0.163. The number of anilines is 1. The maximum Gasteiger partial charge on any atom is 0.223 e. The molecule has 0 aliphatic heterocycles. The van der Waals surface area contributed by atoms with Gasteiger partial charge in [0.25, 0.3) is 0 Å². The topological polar surface area (TPSA) is 61.0 Å². The van der Waals surface area contributed by atoms with Crippen LogP contribution in [0.4, 0.5) is 5.82 Å². The number of nitrogens with two attached hydrogens (primary N) is 1. The molecule has 1 rings (SSSR count). The van der Waals surface area contributed by atoms with Crippen molar-refractivity contribution in [2.24, 2.45) is 0 Å². The zero-order valence-electron chi connectivity index (χ0n) is 8.53. The van der Waals surface area contributed by atoms with Crippen LogP contribution in [0.15, 0.2) is 6.33 Å². The lowest BCUT2D eigenvalue weighted by atomic mass is 10.1. The molecule has 0 saturated carbocycles. The van der Waals surface area contributed by atoms with Crippen molar-refractivity contribution >= 4 is 5.82 Å². The highest BCUT2D eigenvalue weighted by Gasteiger charge is 2.18. The Hall–Kier alpha value is -1.76. The van der Waals surface area contributed by atoms with E-state index in [1.165, 1.54) is 6.33 Å². The van der Waals surface area contributed by atoms with Gasteiger partial charge in [0.15, 0.2) is 5.60 Å². The third-order valence-electron chi connectivity index (χ3n) is 1.78. The summed E-state index contributed by atoms with van der Waals surface area (Å²) in [4.78, 5) is 7.79. The maximum absolute atomic E-state index is 5.60. The Morgan fingerprint density at radius 2 is 2.14 bits per heavy atom. The van der Waals surface area contributed by atoms with Crippen LogP contribution in [0.3, 0.4) is 0 Å². The fourth-order valence-corrected chi connectivity index (χ4v) is 0.821.